The summed E-state index contributed by atoms with van der Waals surface area (Å²) in [6.07, 6.45) is 2.23. The van der Waals surface area contributed by atoms with E-state index < -0.39 is 0 Å². The van der Waals surface area contributed by atoms with E-state index in [9.17, 15) is 0 Å². The molecule has 0 amide bonds. The molecule has 0 saturated carbocycles. The lowest BCUT2D eigenvalue weighted by molar-refractivity contribution is 0.271. The van der Waals surface area contributed by atoms with Gasteiger partial charge in [0, 0.05) is 17.8 Å². The standard InChI is InChI=1S/C21H29NO2/c1-4-5-14-23-21-9-7-6-8-18(21)15-22-19-10-12-20(13-11-19)24-16-17(2)3/h6-13,17,22H,4-5,14-16H2,1-3H3. The number of anilines is 1. The van der Waals surface area contributed by atoms with Crippen LogP contribution in [-0.4, -0.2) is 13.2 Å². The fourth-order valence-electron chi connectivity index (χ4n) is 2.25. The molecule has 3 heteroatoms. The van der Waals surface area contributed by atoms with Crippen LogP contribution in [0.1, 0.15) is 39.2 Å². The predicted octanol–water partition coefficient (Wildman–Crippen LogP) is 5.51. The lowest BCUT2D eigenvalue weighted by Gasteiger charge is -2.13. The van der Waals surface area contributed by atoms with Crippen molar-refractivity contribution in [1.29, 1.82) is 0 Å². The Labute approximate surface area is 146 Å². The van der Waals surface area contributed by atoms with Gasteiger partial charge < -0.3 is 14.8 Å². The van der Waals surface area contributed by atoms with Crippen molar-refractivity contribution in [2.24, 2.45) is 5.92 Å². The first-order chi connectivity index (χ1) is 11.7. The maximum atomic E-state index is 5.88. The van der Waals surface area contributed by atoms with Crippen molar-refractivity contribution in [3.8, 4) is 11.5 Å². The molecule has 130 valence electrons. The maximum absolute atomic E-state index is 5.88. The molecule has 0 heterocycles. The summed E-state index contributed by atoms with van der Waals surface area (Å²) in [5, 5.41) is 3.45. The van der Waals surface area contributed by atoms with E-state index in [2.05, 4.69) is 44.3 Å². The molecular formula is C21H29NO2. The van der Waals surface area contributed by atoms with E-state index in [0.29, 0.717) is 5.92 Å². The van der Waals surface area contributed by atoms with Gasteiger partial charge in [-0.25, -0.2) is 0 Å². The number of hydrogen-bond acceptors (Lipinski definition) is 3. The van der Waals surface area contributed by atoms with Crippen LogP contribution in [0.25, 0.3) is 0 Å². The van der Waals surface area contributed by atoms with Crippen LogP contribution in [0.5, 0.6) is 11.5 Å². The Balaban J connectivity index is 1.88. The molecule has 0 bridgehead atoms. The smallest absolute Gasteiger partial charge is 0.124 e. The highest BCUT2D eigenvalue weighted by atomic mass is 16.5. The van der Waals surface area contributed by atoms with E-state index in [-0.39, 0.29) is 0 Å². The number of unbranched alkanes of at least 4 members (excludes halogenated alkanes) is 1. The normalized spacial score (nSPS) is 10.7. The van der Waals surface area contributed by atoms with Crippen molar-refractivity contribution in [2.45, 2.75) is 40.2 Å². The highest BCUT2D eigenvalue weighted by Crippen LogP contribution is 2.21. The van der Waals surface area contributed by atoms with Crippen LogP contribution < -0.4 is 14.8 Å². The second-order valence-electron chi connectivity index (χ2n) is 6.39. The summed E-state index contributed by atoms with van der Waals surface area (Å²) in [7, 11) is 0. The van der Waals surface area contributed by atoms with E-state index in [1.54, 1.807) is 0 Å². The average Bonchev–Trinajstić information content (AvgIpc) is 2.60. The van der Waals surface area contributed by atoms with Crippen molar-refractivity contribution in [3.05, 3.63) is 54.1 Å². The van der Waals surface area contributed by atoms with Crippen molar-refractivity contribution in [2.75, 3.05) is 18.5 Å². The van der Waals surface area contributed by atoms with Crippen LogP contribution in [0.2, 0.25) is 0 Å². The third-order valence-electron chi connectivity index (χ3n) is 3.65. The topological polar surface area (TPSA) is 30.5 Å². The van der Waals surface area contributed by atoms with Crippen molar-refractivity contribution < 1.29 is 9.47 Å². The molecule has 2 rings (SSSR count). The van der Waals surface area contributed by atoms with Gasteiger partial charge in [0.25, 0.3) is 0 Å². The van der Waals surface area contributed by atoms with Gasteiger partial charge >= 0.3 is 0 Å². The monoisotopic (exact) mass is 327 g/mol. The van der Waals surface area contributed by atoms with E-state index >= 15 is 0 Å². The number of benzene rings is 2. The molecule has 0 aliphatic rings. The van der Waals surface area contributed by atoms with Crippen molar-refractivity contribution in [1.82, 2.24) is 0 Å². The molecule has 0 spiro atoms. The predicted molar refractivity (Wildman–Crippen MR) is 101 cm³/mol. The van der Waals surface area contributed by atoms with Crippen LogP contribution >= 0.6 is 0 Å². The van der Waals surface area contributed by atoms with Crippen LogP contribution in [0, 0.1) is 5.92 Å². The third kappa shape index (κ3) is 6.15. The Kier molecular flexibility index (Phi) is 7.47. The van der Waals surface area contributed by atoms with E-state index in [1.807, 2.05) is 30.3 Å². The molecule has 2 aromatic carbocycles. The molecule has 2 aromatic rings. The summed E-state index contributed by atoms with van der Waals surface area (Å²) >= 11 is 0. The van der Waals surface area contributed by atoms with Gasteiger partial charge in [0.05, 0.1) is 13.2 Å². The number of rotatable bonds is 10. The zero-order chi connectivity index (χ0) is 17.2. The van der Waals surface area contributed by atoms with Gasteiger partial charge in [0.1, 0.15) is 11.5 Å². The molecule has 0 aliphatic carbocycles. The molecule has 0 atom stereocenters. The fraction of sp³-hybridized carbons (Fsp3) is 0.429. The van der Waals surface area contributed by atoms with Gasteiger partial charge in [0.2, 0.25) is 0 Å². The highest BCUT2D eigenvalue weighted by Gasteiger charge is 2.03. The largest absolute Gasteiger partial charge is 0.493 e. The van der Waals surface area contributed by atoms with Crippen LogP contribution in [0.3, 0.4) is 0 Å². The van der Waals surface area contributed by atoms with Gasteiger partial charge in [-0.2, -0.15) is 0 Å². The maximum Gasteiger partial charge on any atom is 0.124 e. The Morgan fingerprint density at radius 2 is 1.71 bits per heavy atom. The fourth-order valence-corrected chi connectivity index (χ4v) is 2.25. The molecule has 3 nitrogen and oxygen atoms in total. The summed E-state index contributed by atoms with van der Waals surface area (Å²) in [5.41, 5.74) is 2.25. The summed E-state index contributed by atoms with van der Waals surface area (Å²) < 4.78 is 11.6. The molecule has 0 unspecified atom stereocenters. The average molecular weight is 327 g/mol. The molecular weight excluding hydrogens is 298 g/mol. The molecule has 0 aliphatic heterocycles. The first kappa shape index (κ1) is 18.2. The minimum atomic E-state index is 0.534. The molecule has 0 radical (unpaired) electrons. The zero-order valence-electron chi connectivity index (χ0n) is 15.0. The van der Waals surface area contributed by atoms with E-state index in [0.717, 1.165) is 49.8 Å². The van der Waals surface area contributed by atoms with Gasteiger partial charge in [-0.05, 0) is 42.7 Å². The Morgan fingerprint density at radius 1 is 0.958 bits per heavy atom. The summed E-state index contributed by atoms with van der Waals surface area (Å²) in [4.78, 5) is 0. The van der Waals surface area contributed by atoms with Gasteiger partial charge in [-0.1, -0.05) is 45.4 Å². The number of para-hydroxylation sites is 1. The lowest BCUT2D eigenvalue weighted by Crippen LogP contribution is -2.05. The second kappa shape index (κ2) is 9.86. The van der Waals surface area contributed by atoms with Crippen LogP contribution in [0.4, 0.5) is 5.69 Å². The molecule has 0 fully saturated rings. The van der Waals surface area contributed by atoms with Gasteiger partial charge in [0.15, 0.2) is 0 Å². The SMILES string of the molecule is CCCCOc1ccccc1CNc1ccc(OCC(C)C)cc1. The van der Waals surface area contributed by atoms with E-state index in [1.165, 1.54) is 5.56 Å². The Morgan fingerprint density at radius 3 is 2.42 bits per heavy atom. The quantitative estimate of drug-likeness (QED) is 0.583. The van der Waals surface area contributed by atoms with Crippen LogP contribution in [0.15, 0.2) is 48.5 Å². The number of hydrogen-bond donors (Lipinski definition) is 1. The summed E-state index contributed by atoms with van der Waals surface area (Å²) in [6.45, 7) is 8.73. The molecule has 1 N–H and O–H groups in total. The molecule has 0 aromatic heterocycles. The number of ether oxygens (including phenoxy) is 2. The summed E-state index contributed by atoms with van der Waals surface area (Å²) in [5.74, 6) is 2.42. The minimum absolute atomic E-state index is 0.534. The lowest BCUT2D eigenvalue weighted by atomic mass is 10.2. The summed E-state index contributed by atoms with van der Waals surface area (Å²) in [6, 6.07) is 16.3. The van der Waals surface area contributed by atoms with E-state index in [4.69, 9.17) is 9.47 Å². The number of nitrogens with one attached hydrogen (secondary N) is 1. The van der Waals surface area contributed by atoms with Crippen LogP contribution in [-0.2, 0) is 6.54 Å². The molecule has 0 saturated heterocycles. The highest BCUT2D eigenvalue weighted by molar-refractivity contribution is 5.47. The Bertz CT molecular complexity index is 593. The zero-order valence-corrected chi connectivity index (χ0v) is 15.0. The third-order valence-corrected chi connectivity index (χ3v) is 3.65. The van der Waals surface area contributed by atoms with Crippen molar-refractivity contribution >= 4 is 5.69 Å². The molecule has 24 heavy (non-hydrogen) atoms. The van der Waals surface area contributed by atoms with Crippen molar-refractivity contribution in [3.63, 3.8) is 0 Å². The van der Waals surface area contributed by atoms with Gasteiger partial charge in [-0.3, -0.25) is 0 Å². The first-order valence-corrected chi connectivity index (χ1v) is 8.86. The Hall–Kier alpha value is -2.16. The first-order valence-electron chi connectivity index (χ1n) is 8.86. The van der Waals surface area contributed by atoms with Gasteiger partial charge in [-0.15, -0.1) is 0 Å². The second-order valence-corrected chi connectivity index (χ2v) is 6.39. The minimum Gasteiger partial charge on any atom is -0.493 e.